The van der Waals surface area contributed by atoms with Gasteiger partial charge in [-0.2, -0.15) is 0 Å². The van der Waals surface area contributed by atoms with E-state index in [1.165, 1.54) is 36.8 Å². The summed E-state index contributed by atoms with van der Waals surface area (Å²) in [5.74, 6) is 1.21. The third-order valence-electron chi connectivity index (χ3n) is 4.71. The molecule has 0 unspecified atom stereocenters. The van der Waals surface area contributed by atoms with Crippen LogP contribution < -0.4 is 0 Å². The Hall–Kier alpha value is -1.11. The fraction of sp³-hybridized carbons (Fsp3) is 0.588. The number of fused-ring (bicyclic) bond motifs is 1. The molecule has 0 saturated heterocycles. The van der Waals surface area contributed by atoms with Crippen LogP contribution >= 0.6 is 0 Å². The zero-order chi connectivity index (χ0) is 12.4. The number of hydrogen-bond donors (Lipinski definition) is 0. The lowest BCUT2D eigenvalue weighted by Gasteiger charge is -2.17. The van der Waals surface area contributed by atoms with E-state index in [1.807, 2.05) is 0 Å². The van der Waals surface area contributed by atoms with Gasteiger partial charge in [0.05, 0.1) is 0 Å². The molecule has 0 N–H and O–H groups in total. The zero-order valence-corrected chi connectivity index (χ0v) is 11.0. The standard InChI is InChI=1S/C17H22O/c18-17(13-7-3-1-2-4-8-13)16-11-14-9-5-6-10-15(14)12-16/h5-6,9-10,13,16H,1-4,7-8,11-12H2. The summed E-state index contributed by atoms with van der Waals surface area (Å²) in [5.41, 5.74) is 2.81. The predicted molar refractivity (Wildman–Crippen MR) is 73.5 cm³/mol. The van der Waals surface area contributed by atoms with Crippen molar-refractivity contribution < 1.29 is 4.79 Å². The van der Waals surface area contributed by atoms with Gasteiger partial charge in [0.25, 0.3) is 0 Å². The highest BCUT2D eigenvalue weighted by Gasteiger charge is 2.31. The quantitative estimate of drug-likeness (QED) is 0.718. The lowest BCUT2D eigenvalue weighted by molar-refractivity contribution is -0.126. The summed E-state index contributed by atoms with van der Waals surface area (Å²) in [6, 6.07) is 8.57. The first-order valence-corrected chi connectivity index (χ1v) is 7.45. The molecule has 1 aromatic rings. The van der Waals surface area contributed by atoms with Crippen molar-refractivity contribution in [1.82, 2.24) is 0 Å². The van der Waals surface area contributed by atoms with Gasteiger partial charge in [-0.05, 0) is 36.8 Å². The van der Waals surface area contributed by atoms with Gasteiger partial charge in [0.2, 0.25) is 0 Å². The molecule has 96 valence electrons. The van der Waals surface area contributed by atoms with E-state index in [-0.39, 0.29) is 5.92 Å². The Balaban J connectivity index is 1.68. The third-order valence-corrected chi connectivity index (χ3v) is 4.71. The molecular formula is C17H22O. The molecule has 2 aliphatic carbocycles. The first-order valence-electron chi connectivity index (χ1n) is 7.45. The van der Waals surface area contributed by atoms with Crippen LogP contribution in [0.4, 0.5) is 0 Å². The highest BCUT2D eigenvalue weighted by atomic mass is 16.1. The van der Waals surface area contributed by atoms with Crippen molar-refractivity contribution in [3.05, 3.63) is 35.4 Å². The molecule has 1 nitrogen and oxygen atoms in total. The second-order valence-corrected chi connectivity index (χ2v) is 5.96. The Labute approximate surface area is 110 Å². The van der Waals surface area contributed by atoms with Gasteiger partial charge >= 0.3 is 0 Å². The molecule has 0 amide bonds. The molecule has 1 heteroatoms. The van der Waals surface area contributed by atoms with E-state index in [4.69, 9.17) is 0 Å². The average Bonchev–Trinajstić information content (AvgIpc) is 2.64. The molecule has 18 heavy (non-hydrogen) atoms. The maximum atomic E-state index is 12.6. The molecule has 3 rings (SSSR count). The number of carbonyl (C=O) groups excluding carboxylic acids is 1. The Morgan fingerprint density at radius 3 is 1.94 bits per heavy atom. The molecule has 0 radical (unpaired) electrons. The van der Waals surface area contributed by atoms with E-state index in [2.05, 4.69) is 24.3 Å². The first kappa shape index (κ1) is 12.0. The summed E-state index contributed by atoms with van der Waals surface area (Å²) in [5, 5.41) is 0. The van der Waals surface area contributed by atoms with Crippen LogP contribution in [-0.2, 0) is 17.6 Å². The molecule has 0 spiro atoms. The van der Waals surface area contributed by atoms with Gasteiger partial charge in [-0.15, -0.1) is 0 Å². The molecular weight excluding hydrogens is 220 g/mol. The summed E-state index contributed by atoms with van der Waals surface area (Å²) < 4.78 is 0. The van der Waals surface area contributed by atoms with Gasteiger partial charge in [-0.25, -0.2) is 0 Å². The Morgan fingerprint density at radius 1 is 0.833 bits per heavy atom. The molecule has 1 fully saturated rings. The van der Waals surface area contributed by atoms with E-state index in [0.29, 0.717) is 11.7 Å². The molecule has 1 aromatic carbocycles. The zero-order valence-electron chi connectivity index (χ0n) is 11.0. The van der Waals surface area contributed by atoms with Crippen LogP contribution in [0.1, 0.15) is 49.7 Å². The second kappa shape index (κ2) is 5.26. The molecule has 1 saturated carbocycles. The van der Waals surface area contributed by atoms with E-state index in [1.54, 1.807) is 0 Å². The van der Waals surface area contributed by atoms with Crippen LogP contribution in [-0.4, -0.2) is 5.78 Å². The largest absolute Gasteiger partial charge is 0.299 e. The summed E-state index contributed by atoms with van der Waals surface area (Å²) in [4.78, 5) is 12.6. The SMILES string of the molecule is O=C(C1CCCCCC1)C1Cc2ccccc2C1. The number of ketones is 1. The predicted octanol–water partition coefficient (Wildman–Crippen LogP) is 3.94. The molecule has 0 aliphatic heterocycles. The first-order chi connectivity index (χ1) is 8.84. The van der Waals surface area contributed by atoms with Crippen LogP contribution in [0, 0.1) is 11.8 Å². The summed E-state index contributed by atoms with van der Waals surface area (Å²) in [7, 11) is 0. The summed E-state index contributed by atoms with van der Waals surface area (Å²) in [6.45, 7) is 0. The van der Waals surface area contributed by atoms with Crippen LogP contribution in [0.2, 0.25) is 0 Å². The Kier molecular flexibility index (Phi) is 3.49. The normalized spacial score (nSPS) is 21.6. The monoisotopic (exact) mass is 242 g/mol. The van der Waals surface area contributed by atoms with Crippen molar-refractivity contribution in [3.63, 3.8) is 0 Å². The van der Waals surface area contributed by atoms with Gasteiger partial charge in [-0.1, -0.05) is 49.9 Å². The lowest BCUT2D eigenvalue weighted by atomic mass is 9.86. The highest BCUT2D eigenvalue weighted by molar-refractivity contribution is 5.84. The van der Waals surface area contributed by atoms with Crippen molar-refractivity contribution in [2.45, 2.75) is 51.4 Å². The maximum absolute atomic E-state index is 12.6. The number of rotatable bonds is 2. The Bertz CT molecular complexity index is 402. The molecule has 0 bridgehead atoms. The van der Waals surface area contributed by atoms with Gasteiger partial charge in [0.15, 0.2) is 0 Å². The summed E-state index contributed by atoms with van der Waals surface area (Å²) >= 11 is 0. The van der Waals surface area contributed by atoms with Crippen molar-refractivity contribution in [2.75, 3.05) is 0 Å². The Morgan fingerprint density at radius 2 is 1.39 bits per heavy atom. The van der Waals surface area contributed by atoms with Crippen molar-refractivity contribution in [1.29, 1.82) is 0 Å². The number of hydrogen-bond acceptors (Lipinski definition) is 1. The van der Waals surface area contributed by atoms with Gasteiger partial charge < -0.3 is 0 Å². The van der Waals surface area contributed by atoms with Crippen LogP contribution in [0.5, 0.6) is 0 Å². The van der Waals surface area contributed by atoms with Gasteiger partial charge in [0, 0.05) is 11.8 Å². The molecule has 0 aromatic heterocycles. The van der Waals surface area contributed by atoms with E-state index in [9.17, 15) is 4.79 Å². The highest BCUT2D eigenvalue weighted by Crippen LogP contribution is 2.32. The summed E-state index contributed by atoms with van der Waals surface area (Å²) in [6.07, 6.45) is 9.45. The topological polar surface area (TPSA) is 17.1 Å². The van der Waals surface area contributed by atoms with Crippen LogP contribution in [0.25, 0.3) is 0 Å². The van der Waals surface area contributed by atoms with Gasteiger partial charge in [0.1, 0.15) is 5.78 Å². The van der Waals surface area contributed by atoms with Crippen LogP contribution in [0.3, 0.4) is 0 Å². The van der Waals surface area contributed by atoms with E-state index < -0.39 is 0 Å². The average molecular weight is 242 g/mol. The van der Waals surface area contributed by atoms with Crippen molar-refractivity contribution in [2.24, 2.45) is 11.8 Å². The van der Waals surface area contributed by atoms with Crippen LogP contribution in [0.15, 0.2) is 24.3 Å². The molecule has 2 aliphatic rings. The lowest BCUT2D eigenvalue weighted by Crippen LogP contribution is -2.23. The molecule has 0 heterocycles. The third kappa shape index (κ3) is 2.36. The van der Waals surface area contributed by atoms with Crippen molar-refractivity contribution >= 4 is 5.78 Å². The minimum atomic E-state index is 0.283. The maximum Gasteiger partial charge on any atom is 0.139 e. The van der Waals surface area contributed by atoms with E-state index >= 15 is 0 Å². The number of benzene rings is 1. The minimum Gasteiger partial charge on any atom is -0.299 e. The number of carbonyl (C=O) groups is 1. The minimum absolute atomic E-state index is 0.283. The fourth-order valence-corrected chi connectivity index (χ4v) is 3.66. The second-order valence-electron chi connectivity index (χ2n) is 5.96. The smallest absolute Gasteiger partial charge is 0.139 e. The fourth-order valence-electron chi connectivity index (χ4n) is 3.66. The molecule has 0 atom stereocenters. The van der Waals surface area contributed by atoms with E-state index in [0.717, 1.165) is 25.7 Å². The van der Waals surface area contributed by atoms with Crippen molar-refractivity contribution in [3.8, 4) is 0 Å². The number of Topliss-reactive ketones (excluding diaryl/α,β-unsaturated/α-hetero) is 1. The van der Waals surface area contributed by atoms with Gasteiger partial charge in [-0.3, -0.25) is 4.79 Å².